The summed E-state index contributed by atoms with van der Waals surface area (Å²) in [5, 5.41) is 9.34. The van der Waals surface area contributed by atoms with Crippen LogP contribution in [0.5, 0.6) is 0 Å². The summed E-state index contributed by atoms with van der Waals surface area (Å²) in [7, 11) is 0. The predicted octanol–water partition coefficient (Wildman–Crippen LogP) is 1.15. The maximum absolute atomic E-state index is 13.3. The molecule has 22 heavy (non-hydrogen) atoms. The van der Waals surface area contributed by atoms with Gasteiger partial charge in [0.05, 0.1) is 0 Å². The van der Waals surface area contributed by atoms with Crippen LogP contribution in [0.15, 0.2) is 23.0 Å². The molecular formula is C15H17FN4O2. The van der Waals surface area contributed by atoms with E-state index in [1.54, 1.807) is 17.6 Å². The highest BCUT2D eigenvalue weighted by Crippen LogP contribution is 2.14. The summed E-state index contributed by atoms with van der Waals surface area (Å²) < 4.78 is 14.9. The summed E-state index contributed by atoms with van der Waals surface area (Å²) in [6.07, 6.45) is 1.96. The summed E-state index contributed by atoms with van der Waals surface area (Å²) in [5.41, 5.74) is 0.861. The molecule has 116 valence electrons. The maximum atomic E-state index is 13.3. The predicted molar refractivity (Wildman–Crippen MR) is 78.2 cm³/mol. The van der Waals surface area contributed by atoms with E-state index in [0.29, 0.717) is 37.2 Å². The average molecular weight is 304 g/mol. The van der Waals surface area contributed by atoms with E-state index in [-0.39, 0.29) is 17.6 Å². The van der Waals surface area contributed by atoms with Crippen molar-refractivity contribution in [2.45, 2.75) is 38.8 Å². The van der Waals surface area contributed by atoms with E-state index < -0.39 is 5.82 Å². The van der Waals surface area contributed by atoms with E-state index in [9.17, 15) is 14.0 Å². The number of carbonyl (C=O) groups excluding carboxylic acids is 1. The first-order chi connectivity index (χ1) is 10.5. The van der Waals surface area contributed by atoms with Gasteiger partial charge in [-0.3, -0.25) is 9.36 Å². The minimum atomic E-state index is -0.428. The second kappa shape index (κ2) is 5.75. The third-order valence-corrected chi connectivity index (χ3v) is 4.03. The van der Waals surface area contributed by atoms with Gasteiger partial charge in [-0.25, -0.2) is 14.3 Å². The number of aromatic amines is 1. The fourth-order valence-electron chi connectivity index (χ4n) is 2.75. The Morgan fingerprint density at radius 1 is 1.45 bits per heavy atom. The number of halogens is 1. The van der Waals surface area contributed by atoms with Gasteiger partial charge in [0.15, 0.2) is 0 Å². The first-order valence-electron chi connectivity index (χ1n) is 7.25. The van der Waals surface area contributed by atoms with Gasteiger partial charge in [0.1, 0.15) is 11.6 Å². The number of carbonyl (C=O) groups is 1. The summed E-state index contributed by atoms with van der Waals surface area (Å²) in [5.74, 6) is 0.00224. The smallest absolute Gasteiger partial charge is 0.343 e. The SMILES string of the molecule is Cc1ccc(F)cc1C(=O)NC1CCc2n[nH]c(=O)n2CC1. The summed E-state index contributed by atoms with van der Waals surface area (Å²) in [6.45, 7) is 2.29. The lowest BCUT2D eigenvalue weighted by Gasteiger charge is -2.16. The molecule has 1 aromatic carbocycles. The second-order valence-electron chi connectivity index (χ2n) is 5.55. The summed E-state index contributed by atoms with van der Waals surface area (Å²) >= 11 is 0. The molecule has 1 atom stereocenters. The van der Waals surface area contributed by atoms with E-state index in [2.05, 4.69) is 15.5 Å². The van der Waals surface area contributed by atoms with Crippen LogP contribution in [-0.2, 0) is 13.0 Å². The molecule has 1 amide bonds. The Labute approximate surface area is 126 Å². The number of amides is 1. The molecule has 2 aromatic rings. The number of H-pyrrole nitrogens is 1. The number of hydrogen-bond acceptors (Lipinski definition) is 3. The zero-order chi connectivity index (χ0) is 15.7. The number of hydrogen-bond donors (Lipinski definition) is 2. The van der Waals surface area contributed by atoms with Crippen LogP contribution in [0.1, 0.15) is 34.6 Å². The Morgan fingerprint density at radius 3 is 3.09 bits per heavy atom. The molecule has 0 bridgehead atoms. The number of rotatable bonds is 2. The highest BCUT2D eigenvalue weighted by molar-refractivity contribution is 5.95. The minimum Gasteiger partial charge on any atom is -0.349 e. The monoisotopic (exact) mass is 304 g/mol. The number of nitrogens with one attached hydrogen (secondary N) is 2. The van der Waals surface area contributed by atoms with Gasteiger partial charge in [0.25, 0.3) is 5.91 Å². The highest BCUT2D eigenvalue weighted by atomic mass is 19.1. The standard InChI is InChI=1S/C15H17FN4O2/c1-9-2-3-10(16)8-12(9)14(21)17-11-4-5-13-18-19-15(22)20(13)7-6-11/h2-3,8,11H,4-7H2,1H3,(H,17,21)(H,19,22). The van der Waals surface area contributed by atoms with Crippen molar-refractivity contribution in [1.82, 2.24) is 20.1 Å². The Bertz CT molecular complexity index is 765. The third kappa shape index (κ3) is 2.79. The number of aryl methyl sites for hydroxylation is 2. The molecule has 6 nitrogen and oxygen atoms in total. The number of fused-ring (bicyclic) bond motifs is 1. The van der Waals surface area contributed by atoms with Crippen LogP contribution in [0.4, 0.5) is 4.39 Å². The molecule has 2 N–H and O–H groups in total. The van der Waals surface area contributed by atoms with Gasteiger partial charge in [0, 0.05) is 24.6 Å². The quantitative estimate of drug-likeness (QED) is 0.873. The van der Waals surface area contributed by atoms with E-state index in [1.165, 1.54) is 12.1 Å². The fourth-order valence-corrected chi connectivity index (χ4v) is 2.75. The molecule has 0 spiro atoms. The van der Waals surface area contributed by atoms with Crippen LogP contribution in [0, 0.1) is 12.7 Å². The molecule has 1 aromatic heterocycles. The van der Waals surface area contributed by atoms with Crippen LogP contribution in [0.3, 0.4) is 0 Å². The van der Waals surface area contributed by atoms with Crippen molar-refractivity contribution in [1.29, 1.82) is 0 Å². The van der Waals surface area contributed by atoms with Crippen LogP contribution in [0.25, 0.3) is 0 Å². The number of benzene rings is 1. The van der Waals surface area contributed by atoms with Crippen LogP contribution < -0.4 is 11.0 Å². The molecule has 3 rings (SSSR count). The molecule has 0 saturated carbocycles. The van der Waals surface area contributed by atoms with Gasteiger partial charge >= 0.3 is 5.69 Å². The molecule has 0 fully saturated rings. The molecular weight excluding hydrogens is 287 g/mol. The van der Waals surface area contributed by atoms with Crippen molar-refractivity contribution < 1.29 is 9.18 Å². The van der Waals surface area contributed by atoms with Crippen molar-refractivity contribution in [2.75, 3.05) is 0 Å². The molecule has 1 aliphatic rings. The third-order valence-electron chi connectivity index (χ3n) is 4.03. The highest BCUT2D eigenvalue weighted by Gasteiger charge is 2.21. The molecule has 0 radical (unpaired) electrons. The maximum Gasteiger partial charge on any atom is 0.343 e. The normalized spacial score (nSPS) is 17.6. The Balaban J connectivity index is 1.70. The molecule has 1 aliphatic heterocycles. The largest absolute Gasteiger partial charge is 0.349 e. The van der Waals surface area contributed by atoms with E-state index in [4.69, 9.17) is 0 Å². The average Bonchev–Trinajstić information content (AvgIpc) is 2.72. The van der Waals surface area contributed by atoms with Gasteiger partial charge in [0.2, 0.25) is 0 Å². The second-order valence-corrected chi connectivity index (χ2v) is 5.55. The van der Waals surface area contributed by atoms with Crippen molar-refractivity contribution in [3.8, 4) is 0 Å². The molecule has 2 heterocycles. The lowest BCUT2D eigenvalue weighted by atomic mass is 10.1. The Hall–Kier alpha value is -2.44. The van der Waals surface area contributed by atoms with Gasteiger partial charge in [-0.2, -0.15) is 5.10 Å². The van der Waals surface area contributed by atoms with Gasteiger partial charge in [-0.1, -0.05) is 6.07 Å². The Kier molecular flexibility index (Phi) is 3.79. The van der Waals surface area contributed by atoms with Crippen molar-refractivity contribution in [3.05, 3.63) is 51.5 Å². The zero-order valence-electron chi connectivity index (χ0n) is 12.2. The lowest BCUT2D eigenvalue weighted by molar-refractivity contribution is 0.0932. The van der Waals surface area contributed by atoms with Gasteiger partial charge in [-0.05, 0) is 37.5 Å². The van der Waals surface area contributed by atoms with E-state index in [1.807, 2.05) is 0 Å². The molecule has 0 aliphatic carbocycles. The minimum absolute atomic E-state index is 0.0590. The Morgan fingerprint density at radius 2 is 2.27 bits per heavy atom. The molecule has 7 heteroatoms. The van der Waals surface area contributed by atoms with Gasteiger partial charge < -0.3 is 5.32 Å². The van der Waals surface area contributed by atoms with Crippen LogP contribution in [-0.4, -0.2) is 26.7 Å². The number of nitrogens with zero attached hydrogens (tertiary/aromatic N) is 2. The van der Waals surface area contributed by atoms with E-state index in [0.717, 1.165) is 5.56 Å². The topological polar surface area (TPSA) is 79.8 Å². The zero-order valence-corrected chi connectivity index (χ0v) is 12.2. The van der Waals surface area contributed by atoms with Gasteiger partial charge in [-0.15, -0.1) is 0 Å². The van der Waals surface area contributed by atoms with E-state index >= 15 is 0 Å². The molecule has 0 saturated heterocycles. The number of aromatic nitrogens is 3. The van der Waals surface area contributed by atoms with Crippen LogP contribution in [0.2, 0.25) is 0 Å². The van der Waals surface area contributed by atoms with Crippen molar-refractivity contribution in [2.24, 2.45) is 0 Å². The van der Waals surface area contributed by atoms with Crippen molar-refractivity contribution >= 4 is 5.91 Å². The first kappa shape index (κ1) is 14.5. The summed E-state index contributed by atoms with van der Waals surface area (Å²) in [4.78, 5) is 23.9. The molecule has 1 unspecified atom stereocenters. The first-order valence-corrected chi connectivity index (χ1v) is 7.25. The summed E-state index contributed by atoms with van der Waals surface area (Å²) in [6, 6.07) is 4.11. The van der Waals surface area contributed by atoms with Crippen molar-refractivity contribution in [3.63, 3.8) is 0 Å². The fraction of sp³-hybridized carbons (Fsp3) is 0.400. The van der Waals surface area contributed by atoms with Crippen LogP contribution >= 0.6 is 0 Å². The lowest BCUT2D eigenvalue weighted by Crippen LogP contribution is -2.36.